The van der Waals surface area contributed by atoms with Crippen LogP contribution < -0.4 is 10.7 Å². The van der Waals surface area contributed by atoms with Gasteiger partial charge in [0, 0.05) is 22.8 Å². The smallest absolute Gasteiger partial charge is 0.198 e. The molecular weight excluding hydrogens is 260 g/mol. The molecule has 0 saturated carbocycles. The fourth-order valence-corrected chi connectivity index (χ4v) is 2.32. The van der Waals surface area contributed by atoms with E-state index in [9.17, 15) is 14.5 Å². The van der Waals surface area contributed by atoms with Gasteiger partial charge in [-0.2, -0.15) is 5.90 Å². The summed E-state index contributed by atoms with van der Waals surface area (Å²) in [6.07, 6.45) is 0. The van der Waals surface area contributed by atoms with Gasteiger partial charge in [-0.1, -0.05) is 24.3 Å². The number of fused-ring (bicyclic) bond motifs is 2. The van der Waals surface area contributed by atoms with Gasteiger partial charge in [-0.05, 0) is 11.2 Å². The Kier molecular flexibility index (Phi) is 2.66. The lowest BCUT2D eigenvalue weighted by atomic mass is 9.83. The topological polar surface area (TPSA) is 98.8 Å². The highest BCUT2D eigenvalue weighted by Gasteiger charge is 2.32. The maximum absolute atomic E-state index is 12.4. The molecule has 0 heterocycles. The molecule has 98 valence electrons. The van der Waals surface area contributed by atoms with E-state index in [2.05, 4.69) is 10.0 Å². The number of hydrogen-bond donors (Lipinski definition) is 1. The molecule has 0 spiro atoms. The van der Waals surface area contributed by atoms with Gasteiger partial charge >= 0.3 is 0 Å². The molecule has 2 aromatic carbocycles. The van der Waals surface area contributed by atoms with Gasteiger partial charge in [-0.3, -0.25) is 9.59 Å². The zero-order valence-corrected chi connectivity index (χ0v) is 10.1. The van der Waals surface area contributed by atoms with E-state index >= 15 is 0 Å². The van der Waals surface area contributed by atoms with Crippen molar-refractivity contribution in [3.63, 3.8) is 0 Å². The number of benzene rings is 2. The molecule has 6 heteroatoms. The van der Waals surface area contributed by atoms with Crippen LogP contribution in [0.3, 0.4) is 0 Å². The van der Waals surface area contributed by atoms with Crippen LogP contribution in [-0.2, 0) is 0 Å². The molecule has 1 aliphatic carbocycles. The van der Waals surface area contributed by atoms with Crippen LogP contribution in [0, 0.1) is 4.91 Å². The van der Waals surface area contributed by atoms with E-state index in [0.717, 1.165) is 0 Å². The summed E-state index contributed by atoms with van der Waals surface area (Å²) in [5.41, 5.74) is 0.686. The third kappa shape index (κ3) is 1.55. The molecule has 0 fully saturated rings. The second kappa shape index (κ2) is 4.36. The largest absolute Gasteiger partial charge is 0.411 e. The summed E-state index contributed by atoms with van der Waals surface area (Å²) in [5.74, 6) is 4.35. The fourth-order valence-electron chi connectivity index (χ4n) is 2.32. The van der Waals surface area contributed by atoms with Crippen LogP contribution in [0.25, 0.3) is 0 Å². The first-order valence-corrected chi connectivity index (χ1v) is 5.74. The second-order valence-electron chi connectivity index (χ2n) is 4.28. The van der Waals surface area contributed by atoms with E-state index < -0.39 is 0 Å². The minimum absolute atomic E-state index is 0.0234. The van der Waals surface area contributed by atoms with Gasteiger partial charge in [-0.25, -0.2) is 0 Å². The Balaban J connectivity index is 2.35. The first kappa shape index (κ1) is 12.2. The Morgan fingerprint density at radius 3 is 2.20 bits per heavy atom. The van der Waals surface area contributed by atoms with Crippen molar-refractivity contribution in [2.45, 2.75) is 0 Å². The number of carbonyl (C=O) groups excluding carboxylic acids is 2. The van der Waals surface area contributed by atoms with Crippen LogP contribution >= 0.6 is 0 Å². The maximum atomic E-state index is 12.4. The molecule has 0 aliphatic heterocycles. The minimum Gasteiger partial charge on any atom is -0.411 e. The number of nitrogens with two attached hydrogens (primary N) is 1. The predicted octanol–water partition coefficient (Wildman–Crippen LogP) is 2.11. The molecule has 2 N–H and O–H groups in total. The Morgan fingerprint density at radius 1 is 0.950 bits per heavy atom. The van der Waals surface area contributed by atoms with Crippen molar-refractivity contribution >= 4 is 17.3 Å². The van der Waals surface area contributed by atoms with E-state index in [4.69, 9.17) is 5.90 Å². The highest BCUT2D eigenvalue weighted by molar-refractivity contribution is 6.29. The summed E-state index contributed by atoms with van der Waals surface area (Å²) in [6, 6.07) is 8.94. The van der Waals surface area contributed by atoms with Gasteiger partial charge in [0.05, 0.1) is 5.56 Å². The van der Waals surface area contributed by atoms with Crippen LogP contribution in [0.15, 0.2) is 41.6 Å². The van der Waals surface area contributed by atoms with Crippen molar-refractivity contribution in [1.29, 1.82) is 0 Å². The van der Waals surface area contributed by atoms with Crippen LogP contribution in [0.2, 0.25) is 0 Å². The highest BCUT2D eigenvalue weighted by atomic mass is 16.6. The normalized spacial score (nSPS) is 12.7. The number of nitrogens with zero attached hydrogens (tertiary/aromatic N) is 1. The summed E-state index contributed by atoms with van der Waals surface area (Å²) in [4.78, 5) is 40.1. The van der Waals surface area contributed by atoms with Crippen molar-refractivity contribution < 1.29 is 14.4 Å². The zero-order valence-electron chi connectivity index (χ0n) is 10.1. The first-order chi connectivity index (χ1) is 9.67. The molecular formula is C14H8N2O4. The van der Waals surface area contributed by atoms with E-state index in [0.29, 0.717) is 0 Å². The summed E-state index contributed by atoms with van der Waals surface area (Å²) < 4.78 is 0. The molecule has 1 aliphatic rings. The molecule has 0 radical (unpaired) electrons. The molecule has 0 amide bonds. The number of rotatable bonds is 2. The second-order valence-corrected chi connectivity index (χ2v) is 4.28. The van der Waals surface area contributed by atoms with Crippen LogP contribution in [0.1, 0.15) is 31.8 Å². The lowest BCUT2D eigenvalue weighted by molar-refractivity contribution is 0.0975. The van der Waals surface area contributed by atoms with Gasteiger partial charge in [-0.15, -0.1) is 4.91 Å². The van der Waals surface area contributed by atoms with E-state index in [1.807, 2.05) is 0 Å². The lowest BCUT2D eigenvalue weighted by Crippen LogP contribution is -2.22. The summed E-state index contributed by atoms with van der Waals surface area (Å²) in [5, 5.41) is 2.75. The van der Waals surface area contributed by atoms with Crippen LogP contribution in [0.4, 0.5) is 5.69 Å². The zero-order chi connectivity index (χ0) is 14.3. The monoisotopic (exact) mass is 268 g/mol. The van der Waals surface area contributed by atoms with Crippen LogP contribution in [0.5, 0.6) is 5.75 Å². The molecule has 20 heavy (non-hydrogen) atoms. The molecule has 0 bridgehead atoms. The highest BCUT2D eigenvalue weighted by Crippen LogP contribution is 2.36. The van der Waals surface area contributed by atoms with Gasteiger partial charge in [0.25, 0.3) is 0 Å². The molecule has 0 saturated heterocycles. The number of carbonyl (C=O) groups is 2. The van der Waals surface area contributed by atoms with Gasteiger partial charge in [0.2, 0.25) is 0 Å². The van der Waals surface area contributed by atoms with E-state index in [1.54, 1.807) is 24.3 Å². The molecule has 0 aromatic heterocycles. The van der Waals surface area contributed by atoms with Crippen molar-refractivity contribution in [1.82, 2.24) is 0 Å². The average Bonchev–Trinajstić information content (AvgIpc) is 2.51. The first-order valence-electron chi connectivity index (χ1n) is 5.74. The Bertz CT molecular complexity index is 768. The van der Waals surface area contributed by atoms with Crippen molar-refractivity contribution in [3.8, 4) is 5.75 Å². The Hall–Kier alpha value is -2.86. The SMILES string of the molecule is NOc1cc(N=O)cc2c1C(=O)c1ccccc1C2=O. The van der Waals surface area contributed by atoms with Gasteiger partial charge < -0.3 is 4.84 Å². The van der Waals surface area contributed by atoms with Crippen molar-refractivity contribution in [3.05, 3.63) is 63.6 Å². The minimum atomic E-state index is -0.368. The fraction of sp³-hybridized carbons (Fsp3) is 0. The summed E-state index contributed by atoms with van der Waals surface area (Å²) >= 11 is 0. The lowest BCUT2D eigenvalue weighted by Gasteiger charge is -2.19. The summed E-state index contributed by atoms with van der Waals surface area (Å²) in [7, 11) is 0. The molecule has 0 unspecified atom stereocenters. The van der Waals surface area contributed by atoms with E-state index in [1.165, 1.54) is 12.1 Å². The van der Waals surface area contributed by atoms with Crippen molar-refractivity contribution in [2.24, 2.45) is 11.1 Å². The molecule has 2 aromatic rings. The number of nitroso groups, excluding NO2 is 1. The average molecular weight is 268 g/mol. The van der Waals surface area contributed by atoms with Crippen molar-refractivity contribution in [2.75, 3.05) is 0 Å². The molecule has 6 nitrogen and oxygen atoms in total. The third-order valence-corrected chi connectivity index (χ3v) is 3.21. The van der Waals surface area contributed by atoms with E-state index in [-0.39, 0.29) is 45.3 Å². The van der Waals surface area contributed by atoms with Crippen LogP contribution in [-0.4, -0.2) is 11.6 Å². The third-order valence-electron chi connectivity index (χ3n) is 3.21. The maximum Gasteiger partial charge on any atom is 0.198 e. The number of hydrogen-bond acceptors (Lipinski definition) is 6. The van der Waals surface area contributed by atoms with Gasteiger partial charge in [0.1, 0.15) is 5.69 Å². The predicted molar refractivity (Wildman–Crippen MR) is 70.0 cm³/mol. The standard InChI is InChI=1S/C14H8N2O4/c15-20-11-6-7(16-19)5-10-12(11)14(18)9-4-2-1-3-8(9)13(10)17/h1-6H,15H2. The quantitative estimate of drug-likeness (QED) is 0.566. The summed E-state index contributed by atoms with van der Waals surface area (Å²) in [6.45, 7) is 0. The molecule has 3 rings (SSSR count). The Morgan fingerprint density at radius 2 is 1.60 bits per heavy atom. The molecule has 0 atom stereocenters. The number of ketones is 2. The van der Waals surface area contributed by atoms with Gasteiger partial charge in [0.15, 0.2) is 17.3 Å². The Labute approximate surface area is 113 Å².